The van der Waals surface area contributed by atoms with Gasteiger partial charge in [-0.2, -0.15) is 0 Å². The fourth-order valence-electron chi connectivity index (χ4n) is 1.63. The highest BCUT2D eigenvalue weighted by atomic mass is 79.9. The van der Waals surface area contributed by atoms with Crippen molar-refractivity contribution in [2.45, 2.75) is 6.54 Å². The van der Waals surface area contributed by atoms with Crippen LogP contribution in [0, 0.1) is 11.6 Å². The first-order valence-corrected chi connectivity index (χ1v) is 6.81. The number of halogens is 4. The van der Waals surface area contributed by atoms with Gasteiger partial charge in [-0.25, -0.2) is 8.78 Å². The van der Waals surface area contributed by atoms with Gasteiger partial charge in [0.25, 0.3) is 5.91 Å². The number of benzene rings is 2. The minimum absolute atomic E-state index is 0.158. The predicted octanol–water partition coefficient (Wildman–Crippen LogP) is 4.31. The van der Waals surface area contributed by atoms with Gasteiger partial charge in [-0.1, -0.05) is 39.7 Å². The van der Waals surface area contributed by atoms with Gasteiger partial charge >= 0.3 is 0 Å². The fourth-order valence-corrected chi connectivity index (χ4v) is 2.16. The molecule has 0 heterocycles. The Morgan fingerprint density at radius 1 is 1.15 bits per heavy atom. The second-order valence-corrected chi connectivity index (χ2v) is 5.41. The predicted molar refractivity (Wildman–Crippen MR) is 76.7 cm³/mol. The van der Waals surface area contributed by atoms with E-state index in [2.05, 4.69) is 21.2 Å². The average Bonchev–Trinajstić information content (AvgIpc) is 2.37. The number of amides is 1. The Kier molecular flexibility index (Phi) is 4.73. The van der Waals surface area contributed by atoms with Crippen molar-refractivity contribution >= 4 is 33.4 Å². The Bertz CT molecular complexity index is 623. The summed E-state index contributed by atoms with van der Waals surface area (Å²) < 4.78 is 27.4. The highest BCUT2D eigenvalue weighted by molar-refractivity contribution is 9.10. The van der Waals surface area contributed by atoms with Crippen LogP contribution in [0.25, 0.3) is 0 Å². The topological polar surface area (TPSA) is 29.1 Å². The van der Waals surface area contributed by atoms with Crippen LogP contribution in [-0.4, -0.2) is 5.91 Å². The second kappa shape index (κ2) is 6.33. The lowest BCUT2D eigenvalue weighted by atomic mass is 10.1. The van der Waals surface area contributed by atoms with Gasteiger partial charge in [0.1, 0.15) is 17.2 Å². The van der Waals surface area contributed by atoms with Crippen molar-refractivity contribution < 1.29 is 13.6 Å². The van der Waals surface area contributed by atoms with Crippen molar-refractivity contribution in [1.29, 1.82) is 0 Å². The standard InChI is InChI=1S/C14H9BrClF2NO/c15-9-5-11(17)13(12(18)6-9)14(20)19-7-8-1-3-10(16)4-2-8/h1-6H,7H2,(H,19,20). The molecule has 0 radical (unpaired) electrons. The van der Waals surface area contributed by atoms with Crippen molar-refractivity contribution in [3.63, 3.8) is 0 Å². The van der Waals surface area contributed by atoms with Crippen LogP contribution in [0.1, 0.15) is 15.9 Å². The minimum atomic E-state index is -0.912. The molecule has 0 unspecified atom stereocenters. The molecule has 0 aliphatic heterocycles. The maximum absolute atomic E-state index is 13.6. The number of hydrogen-bond acceptors (Lipinski definition) is 1. The zero-order chi connectivity index (χ0) is 14.7. The normalized spacial score (nSPS) is 10.4. The monoisotopic (exact) mass is 359 g/mol. The largest absolute Gasteiger partial charge is 0.348 e. The fraction of sp³-hybridized carbons (Fsp3) is 0.0714. The van der Waals surface area contributed by atoms with E-state index in [1.54, 1.807) is 24.3 Å². The first kappa shape index (κ1) is 14.9. The van der Waals surface area contributed by atoms with Crippen LogP contribution in [0.15, 0.2) is 40.9 Å². The number of carbonyl (C=O) groups excluding carboxylic acids is 1. The highest BCUT2D eigenvalue weighted by Crippen LogP contribution is 2.19. The minimum Gasteiger partial charge on any atom is -0.348 e. The molecule has 20 heavy (non-hydrogen) atoms. The maximum Gasteiger partial charge on any atom is 0.257 e. The molecule has 0 aliphatic rings. The number of carbonyl (C=O) groups is 1. The van der Waals surface area contributed by atoms with Crippen LogP contribution >= 0.6 is 27.5 Å². The van der Waals surface area contributed by atoms with Crippen LogP contribution in [0.3, 0.4) is 0 Å². The van der Waals surface area contributed by atoms with Gasteiger partial charge in [0.05, 0.1) is 0 Å². The lowest BCUT2D eigenvalue weighted by molar-refractivity contribution is 0.0942. The van der Waals surface area contributed by atoms with Crippen molar-refractivity contribution in [1.82, 2.24) is 5.32 Å². The van der Waals surface area contributed by atoms with Crippen LogP contribution in [0.4, 0.5) is 8.78 Å². The Balaban J connectivity index is 2.11. The van der Waals surface area contributed by atoms with E-state index in [-0.39, 0.29) is 11.0 Å². The molecular formula is C14H9BrClF2NO. The molecule has 2 aromatic carbocycles. The molecular weight excluding hydrogens is 352 g/mol. The third-order valence-corrected chi connectivity index (χ3v) is 3.31. The smallest absolute Gasteiger partial charge is 0.257 e. The first-order chi connectivity index (χ1) is 9.47. The maximum atomic E-state index is 13.6. The Morgan fingerprint density at radius 2 is 1.70 bits per heavy atom. The second-order valence-electron chi connectivity index (χ2n) is 4.05. The number of rotatable bonds is 3. The molecule has 104 valence electrons. The van der Waals surface area contributed by atoms with Crippen LogP contribution in [0.2, 0.25) is 5.02 Å². The zero-order valence-corrected chi connectivity index (χ0v) is 12.4. The Labute approximate surface area is 127 Å². The summed E-state index contributed by atoms with van der Waals surface area (Å²) in [5, 5.41) is 3.03. The van der Waals surface area contributed by atoms with Gasteiger partial charge in [-0.3, -0.25) is 4.79 Å². The molecule has 0 aromatic heterocycles. The summed E-state index contributed by atoms with van der Waals surface area (Å²) in [5.41, 5.74) is 0.183. The van der Waals surface area contributed by atoms with Gasteiger partial charge in [0.15, 0.2) is 0 Å². The van der Waals surface area contributed by atoms with E-state index in [1.807, 2.05) is 0 Å². The Hall–Kier alpha value is -1.46. The number of nitrogens with one attached hydrogen (secondary N) is 1. The lowest BCUT2D eigenvalue weighted by Crippen LogP contribution is -2.25. The van der Waals surface area contributed by atoms with E-state index < -0.39 is 23.1 Å². The average molecular weight is 361 g/mol. The van der Waals surface area contributed by atoms with E-state index in [9.17, 15) is 13.6 Å². The third-order valence-electron chi connectivity index (χ3n) is 2.60. The van der Waals surface area contributed by atoms with Gasteiger partial charge in [-0.15, -0.1) is 0 Å². The van der Waals surface area contributed by atoms with E-state index in [1.165, 1.54) is 0 Å². The molecule has 0 bridgehead atoms. The van der Waals surface area contributed by atoms with E-state index in [0.29, 0.717) is 5.02 Å². The quantitative estimate of drug-likeness (QED) is 0.868. The van der Waals surface area contributed by atoms with Gasteiger partial charge in [0, 0.05) is 16.0 Å². The third kappa shape index (κ3) is 3.55. The summed E-state index contributed by atoms with van der Waals surface area (Å²) in [5.74, 6) is -2.63. The van der Waals surface area contributed by atoms with E-state index in [4.69, 9.17) is 11.6 Å². The van der Waals surface area contributed by atoms with Gasteiger partial charge in [-0.05, 0) is 29.8 Å². The van der Waals surface area contributed by atoms with E-state index >= 15 is 0 Å². The SMILES string of the molecule is O=C(NCc1ccc(Cl)cc1)c1c(F)cc(Br)cc1F. The zero-order valence-electron chi connectivity index (χ0n) is 10.1. The molecule has 1 amide bonds. The molecule has 0 fully saturated rings. The molecule has 0 spiro atoms. The van der Waals surface area contributed by atoms with Crippen LogP contribution in [-0.2, 0) is 6.54 Å². The van der Waals surface area contributed by atoms with Crippen molar-refractivity contribution in [3.8, 4) is 0 Å². The summed E-state index contributed by atoms with van der Waals surface area (Å²) in [6.45, 7) is 0.158. The molecule has 0 saturated heterocycles. The van der Waals surface area contributed by atoms with E-state index in [0.717, 1.165) is 17.7 Å². The summed E-state index contributed by atoms with van der Waals surface area (Å²) in [6, 6.07) is 8.86. The molecule has 1 N–H and O–H groups in total. The van der Waals surface area contributed by atoms with Gasteiger partial charge in [0.2, 0.25) is 0 Å². The van der Waals surface area contributed by atoms with Crippen LogP contribution in [0.5, 0.6) is 0 Å². The lowest BCUT2D eigenvalue weighted by Gasteiger charge is -2.08. The molecule has 6 heteroatoms. The molecule has 0 saturated carbocycles. The molecule has 2 aromatic rings. The highest BCUT2D eigenvalue weighted by Gasteiger charge is 2.17. The van der Waals surface area contributed by atoms with Crippen molar-refractivity contribution in [2.75, 3.05) is 0 Å². The molecule has 2 rings (SSSR count). The van der Waals surface area contributed by atoms with Crippen LogP contribution < -0.4 is 5.32 Å². The Morgan fingerprint density at radius 3 is 2.25 bits per heavy atom. The first-order valence-electron chi connectivity index (χ1n) is 5.64. The summed E-state index contributed by atoms with van der Waals surface area (Å²) in [4.78, 5) is 11.8. The summed E-state index contributed by atoms with van der Waals surface area (Å²) in [6.07, 6.45) is 0. The molecule has 2 nitrogen and oxygen atoms in total. The summed E-state index contributed by atoms with van der Waals surface area (Å²) in [7, 11) is 0. The van der Waals surface area contributed by atoms with Gasteiger partial charge < -0.3 is 5.32 Å². The molecule has 0 aliphatic carbocycles. The van der Waals surface area contributed by atoms with Crippen molar-refractivity contribution in [2.24, 2.45) is 0 Å². The number of hydrogen-bond donors (Lipinski definition) is 1. The van der Waals surface area contributed by atoms with Crippen molar-refractivity contribution in [3.05, 3.63) is 68.7 Å². The summed E-state index contributed by atoms with van der Waals surface area (Å²) >= 11 is 8.69. The molecule has 0 atom stereocenters.